The van der Waals surface area contributed by atoms with E-state index in [0.717, 1.165) is 18.4 Å². The molecule has 2 aliphatic rings. The molecule has 96 valence electrons. The van der Waals surface area contributed by atoms with Crippen LogP contribution in [0.2, 0.25) is 0 Å². The summed E-state index contributed by atoms with van der Waals surface area (Å²) in [5, 5.41) is 0. The maximum Gasteiger partial charge on any atom is 0.169 e. The summed E-state index contributed by atoms with van der Waals surface area (Å²) in [6.07, 6.45) is 4.89. The second-order valence-electron chi connectivity index (χ2n) is 4.79. The number of carbonyl (C=O) groups excluding carboxylic acids is 2. The smallest absolute Gasteiger partial charge is 0.169 e. The van der Waals surface area contributed by atoms with Gasteiger partial charge in [-0.2, -0.15) is 0 Å². The van der Waals surface area contributed by atoms with E-state index in [-0.39, 0.29) is 23.9 Å². The van der Waals surface area contributed by atoms with Crippen LogP contribution in [0.15, 0.2) is 23.3 Å². The van der Waals surface area contributed by atoms with Crippen LogP contribution in [0.4, 0.5) is 0 Å². The lowest BCUT2D eigenvalue weighted by atomic mass is 9.91. The number of allylic oxidation sites excluding steroid dienone is 2. The molecule has 3 nitrogen and oxygen atoms in total. The molecular formula is C14H16O3S. The maximum absolute atomic E-state index is 12.1. The van der Waals surface area contributed by atoms with Crippen molar-refractivity contribution in [2.75, 3.05) is 7.11 Å². The second-order valence-corrected chi connectivity index (χ2v) is 5.23. The number of thiocarbonyl (C=S) groups is 1. The van der Waals surface area contributed by atoms with Crippen molar-refractivity contribution in [1.29, 1.82) is 0 Å². The normalized spacial score (nSPS) is 23.4. The van der Waals surface area contributed by atoms with Gasteiger partial charge in [-0.1, -0.05) is 24.4 Å². The molecule has 0 aromatic heterocycles. The molecule has 1 saturated carbocycles. The van der Waals surface area contributed by atoms with E-state index in [4.69, 9.17) is 17.0 Å². The first-order valence-electron chi connectivity index (χ1n) is 6.06. The first-order chi connectivity index (χ1) is 8.54. The molecule has 0 heterocycles. The highest BCUT2D eigenvalue weighted by atomic mass is 32.1. The molecule has 4 heteroatoms. The Morgan fingerprint density at radius 3 is 2.61 bits per heavy atom. The lowest BCUT2D eigenvalue weighted by Gasteiger charge is -2.22. The predicted octanol–water partition coefficient (Wildman–Crippen LogP) is 2.20. The van der Waals surface area contributed by atoms with Crippen LogP contribution in [0.5, 0.6) is 0 Å². The molecule has 0 spiro atoms. The zero-order valence-electron chi connectivity index (χ0n) is 10.6. The van der Waals surface area contributed by atoms with E-state index in [9.17, 15) is 9.59 Å². The monoisotopic (exact) mass is 264 g/mol. The molecule has 1 fully saturated rings. The third-order valence-corrected chi connectivity index (χ3v) is 3.88. The molecule has 0 radical (unpaired) electrons. The topological polar surface area (TPSA) is 43.4 Å². The van der Waals surface area contributed by atoms with Crippen LogP contribution in [0.25, 0.3) is 0 Å². The average molecular weight is 264 g/mol. The van der Waals surface area contributed by atoms with Gasteiger partial charge in [0.25, 0.3) is 0 Å². The Bertz CT molecular complexity index is 469. The summed E-state index contributed by atoms with van der Waals surface area (Å²) in [5.74, 6) is 0.00108. The van der Waals surface area contributed by atoms with Crippen LogP contribution >= 0.6 is 12.2 Å². The summed E-state index contributed by atoms with van der Waals surface area (Å²) in [6.45, 7) is 1.89. The van der Waals surface area contributed by atoms with Crippen LogP contribution < -0.4 is 0 Å². The van der Waals surface area contributed by atoms with E-state index in [1.165, 1.54) is 7.11 Å². The van der Waals surface area contributed by atoms with E-state index in [0.29, 0.717) is 10.4 Å². The van der Waals surface area contributed by atoms with Gasteiger partial charge in [0.2, 0.25) is 0 Å². The summed E-state index contributed by atoms with van der Waals surface area (Å²) in [5.41, 5.74) is 1.43. The molecule has 2 aliphatic carbocycles. The molecule has 0 amide bonds. The number of hydrogen-bond donors (Lipinski definition) is 0. The Hall–Kier alpha value is -1.13. The van der Waals surface area contributed by atoms with Crippen molar-refractivity contribution in [1.82, 2.24) is 0 Å². The fraction of sp³-hybridized carbons (Fsp3) is 0.500. The standard InChI is InChI=1S/C14H16O3S/c1-8-3-6-10(13(17-2)14(8)18)12(16)7-11(15)9-4-5-9/h3,6,9,13H,4-5,7H2,1-2H3. The van der Waals surface area contributed by atoms with Crippen LogP contribution in [0.3, 0.4) is 0 Å². The third-order valence-electron chi connectivity index (χ3n) is 3.35. The Balaban J connectivity index is 2.12. The summed E-state index contributed by atoms with van der Waals surface area (Å²) in [6, 6.07) is 0. The van der Waals surface area contributed by atoms with Gasteiger partial charge in [-0.25, -0.2) is 0 Å². The zero-order valence-corrected chi connectivity index (χ0v) is 11.4. The first kappa shape index (κ1) is 13.3. The van der Waals surface area contributed by atoms with E-state index in [1.54, 1.807) is 6.08 Å². The quantitative estimate of drug-likeness (QED) is 0.564. The van der Waals surface area contributed by atoms with Gasteiger partial charge in [0.05, 0.1) is 11.3 Å². The molecule has 0 bridgehead atoms. The number of carbonyl (C=O) groups is 2. The molecule has 0 aromatic carbocycles. The van der Waals surface area contributed by atoms with Crippen molar-refractivity contribution in [3.05, 3.63) is 23.3 Å². The maximum atomic E-state index is 12.1. The minimum absolute atomic E-state index is 0.0220. The van der Waals surface area contributed by atoms with Gasteiger partial charge in [0.15, 0.2) is 5.78 Å². The van der Waals surface area contributed by atoms with Crippen molar-refractivity contribution in [3.8, 4) is 0 Å². The SMILES string of the molecule is COC1C(=S)C(C)=CC=C1C(=O)CC(=O)C1CC1. The lowest BCUT2D eigenvalue weighted by Crippen LogP contribution is -2.31. The van der Waals surface area contributed by atoms with Gasteiger partial charge in [-0.05, 0) is 25.3 Å². The van der Waals surface area contributed by atoms with Crippen molar-refractivity contribution in [3.63, 3.8) is 0 Å². The van der Waals surface area contributed by atoms with Gasteiger partial charge in [-0.15, -0.1) is 0 Å². The zero-order chi connectivity index (χ0) is 13.3. The largest absolute Gasteiger partial charge is 0.371 e. The number of rotatable bonds is 5. The fourth-order valence-corrected chi connectivity index (χ4v) is 2.31. The van der Waals surface area contributed by atoms with E-state index >= 15 is 0 Å². The molecular weight excluding hydrogens is 248 g/mol. The number of ketones is 2. The van der Waals surface area contributed by atoms with E-state index in [1.807, 2.05) is 13.0 Å². The summed E-state index contributed by atoms with van der Waals surface area (Å²) in [4.78, 5) is 24.4. The third kappa shape index (κ3) is 2.65. The van der Waals surface area contributed by atoms with Gasteiger partial charge < -0.3 is 4.74 Å². The predicted molar refractivity (Wildman–Crippen MR) is 72.6 cm³/mol. The van der Waals surface area contributed by atoms with Crippen LogP contribution in [-0.2, 0) is 14.3 Å². The number of hydrogen-bond acceptors (Lipinski definition) is 4. The molecule has 18 heavy (non-hydrogen) atoms. The number of methoxy groups -OCH3 is 1. The van der Waals surface area contributed by atoms with Crippen LogP contribution in [-0.4, -0.2) is 29.6 Å². The second kappa shape index (κ2) is 5.24. The van der Waals surface area contributed by atoms with Crippen molar-refractivity contribution in [2.45, 2.75) is 32.3 Å². The highest BCUT2D eigenvalue weighted by molar-refractivity contribution is 7.81. The Kier molecular flexibility index (Phi) is 3.88. The van der Waals surface area contributed by atoms with Crippen LogP contribution in [0.1, 0.15) is 26.2 Å². The van der Waals surface area contributed by atoms with E-state index < -0.39 is 6.10 Å². The molecule has 1 unspecified atom stereocenters. The molecule has 0 saturated heterocycles. The van der Waals surface area contributed by atoms with Gasteiger partial charge in [0, 0.05) is 18.6 Å². The van der Waals surface area contributed by atoms with Gasteiger partial charge >= 0.3 is 0 Å². The summed E-state index contributed by atoms with van der Waals surface area (Å²) in [7, 11) is 1.53. The number of Topliss-reactive ketones (excluding diaryl/α,β-unsaturated/α-hetero) is 2. The molecule has 0 aliphatic heterocycles. The molecule has 0 aromatic rings. The Labute approximate surface area is 112 Å². The van der Waals surface area contributed by atoms with Crippen molar-refractivity contribution < 1.29 is 14.3 Å². The van der Waals surface area contributed by atoms with Crippen LogP contribution in [0, 0.1) is 5.92 Å². The highest BCUT2D eigenvalue weighted by Gasteiger charge is 2.33. The molecule has 1 atom stereocenters. The van der Waals surface area contributed by atoms with E-state index in [2.05, 4.69) is 0 Å². The van der Waals surface area contributed by atoms with Crippen molar-refractivity contribution in [2.24, 2.45) is 5.92 Å². The highest BCUT2D eigenvalue weighted by Crippen LogP contribution is 2.32. The fourth-order valence-electron chi connectivity index (χ4n) is 2.02. The van der Waals surface area contributed by atoms with Crippen molar-refractivity contribution >= 4 is 28.6 Å². The minimum atomic E-state index is -0.482. The lowest BCUT2D eigenvalue weighted by molar-refractivity contribution is -0.126. The molecule has 2 rings (SSSR count). The van der Waals surface area contributed by atoms with Gasteiger partial charge in [-0.3, -0.25) is 9.59 Å². The first-order valence-corrected chi connectivity index (χ1v) is 6.46. The number of ether oxygens (including phenoxy) is 1. The minimum Gasteiger partial charge on any atom is -0.371 e. The Morgan fingerprint density at radius 1 is 1.39 bits per heavy atom. The summed E-state index contributed by atoms with van der Waals surface area (Å²) >= 11 is 5.25. The average Bonchev–Trinajstić information content (AvgIpc) is 3.16. The summed E-state index contributed by atoms with van der Waals surface area (Å²) < 4.78 is 5.28. The molecule has 0 N–H and O–H groups in total. The van der Waals surface area contributed by atoms with Gasteiger partial charge in [0.1, 0.15) is 11.9 Å². The Morgan fingerprint density at radius 2 is 2.06 bits per heavy atom.